The average Bonchev–Trinajstić information content (AvgIpc) is 2.61. The lowest BCUT2D eigenvalue weighted by Crippen LogP contribution is -2.51. The Balaban J connectivity index is 2.09. The fourth-order valence-electron chi connectivity index (χ4n) is 2.94. The Hall–Kier alpha value is -2.43. The van der Waals surface area contributed by atoms with E-state index in [2.05, 4.69) is 20.8 Å². The van der Waals surface area contributed by atoms with E-state index in [0.29, 0.717) is 29.9 Å². The Morgan fingerprint density at radius 1 is 1.46 bits per heavy atom. The molecule has 0 aliphatic heterocycles. The first kappa shape index (κ1) is 19.9. The predicted octanol–water partition coefficient (Wildman–Crippen LogP) is 1.98. The highest BCUT2D eigenvalue weighted by molar-refractivity contribution is 5.84. The number of hydrogen-bond acceptors (Lipinski definition) is 6. The van der Waals surface area contributed by atoms with Gasteiger partial charge >= 0.3 is 6.18 Å². The van der Waals surface area contributed by atoms with Crippen LogP contribution in [0, 0.1) is 11.3 Å². The molecule has 1 aromatic heterocycles. The van der Waals surface area contributed by atoms with Crippen molar-refractivity contribution in [3.05, 3.63) is 18.0 Å². The van der Waals surface area contributed by atoms with Gasteiger partial charge in [0.25, 0.3) is 0 Å². The van der Waals surface area contributed by atoms with Crippen molar-refractivity contribution in [3.63, 3.8) is 0 Å². The molecule has 2 rings (SSSR count). The number of rotatable bonds is 6. The molecular formula is C15H20F3N5O3. The molecule has 26 heavy (non-hydrogen) atoms. The van der Waals surface area contributed by atoms with E-state index in [1.807, 2.05) is 6.92 Å². The summed E-state index contributed by atoms with van der Waals surface area (Å²) in [5.41, 5.74) is 2.38. The molecular weight excluding hydrogens is 355 g/mol. The zero-order valence-electron chi connectivity index (χ0n) is 14.1. The second-order valence-corrected chi connectivity index (χ2v) is 6.51. The van der Waals surface area contributed by atoms with E-state index in [-0.39, 0.29) is 13.0 Å². The van der Waals surface area contributed by atoms with Gasteiger partial charge in [-0.2, -0.15) is 13.2 Å². The Kier molecular flexibility index (Phi) is 6.01. The van der Waals surface area contributed by atoms with Crippen molar-refractivity contribution >= 4 is 18.3 Å². The third kappa shape index (κ3) is 4.81. The number of carbonyl (C=O) groups excluding carboxylic acids is 2. The molecule has 144 valence electrons. The van der Waals surface area contributed by atoms with E-state index in [9.17, 15) is 28.0 Å². The van der Waals surface area contributed by atoms with Crippen LogP contribution in [-0.4, -0.2) is 39.1 Å². The zero-order valence-corrected chi connectivity index (χ0v) is 14.1. The number of anilines is 1. The highest BCUT2D eigenvalue weighted by atomic mass is 19.4. The minimum Gasteiger partial charge on any atom is -0.286 e. The largest absolute Gasteiger partial charge is 0.433 e. The monoisotopic (exact) mass is 375 g/mol. The predicted molar refractivity (Wildman–Crippen MR) is 83.4 cm³/mol. The van der Waals surface area contributed by atoms with Crippen LogP contribution in [0.2, 0.25) is 0 Å². The van der Waals surface area contributed by atoms with Crippen molar-refractivity contribution in [1.29, 1.82) is 0 Å². The molecule has 1 fully saturated rings. The fourth-order valence-corrected chi connectivity index (χ4v) is 2.94. The van der Waals surface area contributed by atoms with Gasteiger partial charge in [0.2, 0.25) is 18.3 Å². The van der Waals surface area contributed by atoms with Gasteiger partial charge in [-0.3, -0.25) is 25.6 Å². The lowest BCUT2D eigenvalue weighted by atomic mass is 9.70. The number of aromatic nitrogens is 2. The number of halogens is 3. The summed E-state index contributed by atoms with van der Waals surface area (Å²) in [6, 6.07) is 0.713. The van der Waals surface area contributed by atoms with Crippen LogP contribution in [0.5, 0.6) is 0 Å². The number of carbonyl (C=O) groups is 2. The van der Waals surface area contributed by atoms with Crippen LogP contribution in [0.1, 0.15) is 38.3 Å². The van der Waals surface area contributed by atoms with Crippen molar-refractivity contribution in [2.75, 3.05) is 12.0 Å². The van der Waals surface area contributed by atoms with Gasteiger partial charge in [0.15, 0.2) is 0 Å². The molecule has 1 aliphatic carbocycles. The van der Waals surface area contributed by atoms with Crippen LogP contribution in [0.25, 0.3) is 0 Å². The second-order valence-electron chi connectivity index (χ2n) is 6.51. The number of alkyl halides is 3. The maximum Gasteiger partial charge on any atom is 0.433 e. The number of hydroxylamine groups is 2. The van der Waals surface area contributed by atoms with E-state index in [1.165, 1.54) is 0 Å². The number of nitrogens with zero attached hydrogens (tertiary/aromatic N) is 3. The topological polar surface area (TPSA) is 107 Å². The molecule has 0 saturated heterocycles. The standard InChI is InChI=1S/C15H20F3N5O3/c1-10-2-5-14(6-3-10,8-23(26)9-24)12(25)21-22-13-19-7-4-11(20-13)15(16,17)18/h4,7,9-10,26H,2-3,5-6,8H2,1H3,(H,21,25)(H,19,20,22). The molecule has 0 unspecified atom stereocenters. The normalized spacial score (nSPS) is 23.2. The summed E-state index contributed by atoms with van der Waals surface area (Å²) < 4.78 is 38.0. The molecule has 11 heteroatoms. The molecule has 0 aromatic carbocycles. The van der Waals surface area contributed by atoms with Crippen LogP contribution in [0.4, 0.5) is 19.1 Å². The van der Waals surface area contributed by atoms with Gasteiger partial charge in [0.1, 0.15) is 5.69 Å². The molecule has 2 amide bonds. The summed E-state index contributed by atoms with van der Waals surface area (Å²) in [5, 5.41) is 9.92. The first-order valence-electron chi connectivity index (χ1n) is 8.04. The Morgan fingerprint density at radius 3 is 2.69 bits per heavy atom. The van der Waals surface area contributed by atoms with E-state index in [1.54, 1.807) is 0 Å². The maximum atomic E-state index is 12.7. The van der Waals surface area contributed by atoms with Gasteiger partial charge in [-0.15, -0.1) is 0 Å². The highest BCUT2D eigenvalue weighted by Crippen LogP contribution is 2.39. The molecule has 0 bridgehead atoms. The summed E-state index contributed by atoms with van der Waals surface area (Å²) in [4.78, 5) is 30.3. The molecule has 0 spiro atoms. The molecule has 0 atom stereocenters. The molecule has 0 radical (unpaired) electrons. The average molecular weight is 375 g/mol. The van der Waals surface area contributed by atoms with E-state index >= 15 is 0 Å². The van der Waals surface area contributed by atoms with E-state index in [0.717, 1.165) is 19.0 Å². The quantitative estimate of drug-likeness (QED) is 0.399. The molecule has 1 heterocycles. The third-order valence-electron chi connectivity index (χ3n) is 4.53. The second kappa shape index (κ2) is 7.85. The number of amides is 2. The third-order valence-corrected chi connectivity index (χ3v) is 4.53. The van der Waals surface area contributed by atoms with Gasteiger partial charge in [0.05, 0.1) is 12.0 Å². The molecule has 1 aromatic rings. The van der Waals surface area contributed by atoms with Gasteiger partial charge in [-0.25, -0.2) is 15.0 Å². The summed E-state index contributed by atoms with van der Waals surface area (Å²) in [6.07, 6.45) is -1.21. The Morgan fingerprint density at radius 2 is 2.12 bits per heavy atom. The van der Waals surface area contributed by atoms with Crippen molar-refractivity contribution in [2.45, 2.75) is 38.8 Å². The van der Waals surface area contributed by atoms with Gasteiger partial charge in [-0.1, -0.05) is 6.92 Å². The van der Waals surface area contributed by atoms with Crippen LogP contribution in [0.3, 0.4) is 0 Å². The zero-order chi connectivity index (χ0) is 19.4. The van der Waals surface area contributed by atoms with Crippen molar-refractivity contribution < 1.29 is 28.0 Å². The number of hydrogen-bond donors (Lipinski definition) is 3. The summed E-state index contributed by atoms with van der Waals surface area (Å²) in [7, 11) is 0. The van der Waals surface area contributed by atoms with Gasteiger partial charge in [0, 0.05) is 6.20 Å². The summed E-state index contributed by atoms with van der Waals surface area (Å²) >= 11 is 0. The molecule has 1 saturated carbocycles. The molecule has 8 nitrogen and oxygen atoms in total. The Labute approximate surface area is 147 Å². The first-order chi connectivity index (χ1) is 12.2. The summed E-state index contributed by atoms with van der Waals surface area (Å²) in [5.74, 6) is -0.561. The molecule has 1 aliphatic rings. The lowest BCUT2D eigenvalue weighted by molar-refractivity contribution is -0.163. The van der Waals surface area contributed by atoms with Crippen LogP contribution < -0.4 is 10.9 Å². The van der Waals surface area contributed by atoms with Crippen molar-refractivity contribution in [2.24, 2.45) is 11.3 Å². The van der Waals surface area contributed by atoms with Crippen LogP contribution >= 0.6 is 0 Å². The van der Waals surface area contributed by atoms with Gasteiger partial charge in [-0.05, 0) is 37.7 Å². The summed E-state index contributed by atoms with van der Waals surface area (Å²) in [6.45, 7) is 1.83. The minimum absolute atomic E-state index is 0.205. The lowest BCUT2D eigenvalue weighted by Gasteiger charge is -2.38. The first-order valence-corrected chi connectivity index (χ1v) is 8.04. The molecule has 3 N–H and O–H groups in total. The van der Waals surface area contributed by atoms with Crippen LogP contribution in [-0.2, 0) is 15.8 Å². The van der Waals surface area contributed by atoms with Crippen molar-refractivity contribution in [3.8, 4) is 0 Å². The Bertz CT molecular complexity index is 648. The fraction of sp³-hybridized carbons (Fsp3) is 0.600. The van der Waals surface area contributed by atoms with Gasteiger partial charge < -0.3 is 0 Å². The smallest absolute Gasteiger partial charge is 0.286 e. The minimum atomic E-state index is -4.63. The van der Waals surface area contributed by atoms with Crippen LogP contribution in [0.15, 0.2) is 12.3 Å². The van der Waals surface area contributed by atoms with Crippen molar-refractivity contribution in [1.82, 2.24) is 20.5 Å². The SMILES string of the molecule is CC1CCC(CN(O)C=O)(C(=O)NNc2nccc(C(F)(F)F)n2)CC1. The number of nitrogens with one attached hydrogen (secondary N) is 2. The maximum absolute atomic E-state index is 12.7. The highest BCUT2D eigenvalue weighted by Gasteiger charge is 2.42. The number of hydrazine groups is 1. The van der Waals surface area contributed by atoms with E-state index in [4.69, 9.17) is 0 Å². The van der Waals surface area contributed by atoms with E-state index < -0.39 is 29.1 Å².